The summed E-state index contributed by atoms with van der Waals surface area (Å²) in [5.41, 5.74) is 0.690. The molecule has 5 heteroatoms. The molecule has 0 unspecified atom stereocenters. The Morgan fingerprint density at radius 3 is 2.92 bits per heavy atom. The number of aromatic amines is 1. The van der Waals surface area contributed by atoms with Crippen molar-refractivity contribution in [3.05, 3.63) is 24.0 Å². The van der Waals surface area contributed by atoms with Crippen LogP contribution in [0, 0.1) is 5.92 Å². The molecule has 2 atom stereocenters. The second-order valence-corrected chi connectivity index (χ2v) is 7.72. The van der Waals surface area contributed by atoms with Gasteiger partial charge in [-0.15, -0.1) is 0 Å². The Morgan fingerprint density at radius 1 is 1.46 bits per heavy atom. The highest BCUT2D eigenvalue weighted by Crippen LogP contribution is 2.23. The lowest BCUT2D eigenvalue weighted by Gasteiger charge is -2.34. The standard InChI is InChI=1S/C19H32N2O3/c1-15(17-10-5-11-20-17)23-13-7-9-16-8-6-12-21(14-16)18(22)24-19(2,3)4/h5,10-11,15-16,20H,6-9,12-14H2,1-4H3/t15-,16-/m1/s1. The van der Waals surface area contributed by atoms with Crippen LogP contribution in [0.25, 0.3) is 0 Å². The largest absolute Gasteiger partial charge is 0.444 e. The molecule has 0 spiro atoms. The van der Waals surface area contributed by atoms with Crippen molar-refractivity contribution in [1.29, 1.82) is 0 Å². The number of ether oxygens (including phenoxy) is 2. The lowest BCUT2D eigenvalue weighted by molar-refractivity contribution is 0.0148. The molecular formula is C19H32N2O3. The number of likely N-dealkylation sites (tertiary alicyclic amines) is 1. The molecule has 1 aromatic heterocycles. The van der Waals surface area contributed by atoms with Gasteiger partial charge in [-0.3, -0.25) is 0 Å². The Morgan fingerprint density at radius 2 is 2.25 bits per heavy atom. The van der Waals surface area contributed by atoms with Gasteiger partial charge in [0.05, 0.1) is 6.10 Å². The van der Waals surface area contributed by atoms with Gasteiger partial charge >= 0.3 is 6.09 Å². The molecule has 0 bridgehead atoms. The average Bonchev–Trinajstić information content (AvgIpc) is 3.04. The van der Waals surface area contributed by atoms with Gasteiger partial charge in [-0.2, -0.15) is 0 Å². The number of piperidine rings is 1. The molecular weight excluding hydrogens is 304 g/mol. The number of nitrogens with one attached hydrogen (secondary N) is 1. The maximum atomic E-state index is 12.2. The molecule has 5 nitrogen and oxygen atoms in total. The lowest BCUT2D eigenvalue weighted by atomic mass is 9.94. The van der Waals surface area contributed by atoms with Gasteiger partial charge in [0.25, 0.3) is 0 Å². The Balaban J connectivity index is 1.66. The van der Waals surface area contributed by atoms with Crippen LogP contribution in [-0.2, 0) is 9.47 Å². The monoisotopic (exact) mass is 336 g/mol. The summed E-state index contributed by atoms with van der Waals surface area (Å²) in [4.78, 5) is 17.2. The van der Waals surface area contributed by atoms with Gasteiger partial charge in [-0.25, -0.2) is 4.79 Å². The Kier molecular flexibility index (Phi) is 6.72. The first-order valence-electron chi connectivity index (χ1n) is 9.08. The summed E-state index contributed by atoms with van der Waals surface area (Å²) < 4.78 is 11.4. The number of rotatable bonds is 6. The zero-order valence-electron chi connectivity index (χ0n) is 15.5. The first kappa shape index (κ1) is 18.8. The van der Waals surface area contributed by atoms with Gasteiger partial charge in [-0.1, -0.05) is 0 Å². The number of nitrogens with zero attached hydrogens (tertiary/aromatic N) is 1. The van der Waals surface area contributed by atoms with E-state index in [1.54, 1.807) is 0 Å². The van der Waals surface area contributed by atoms with Crippen LogP contribution in [-0.4, -0.2) is 41.3 Å². The fourth-order valence-corrected chi connectivity index (χ4v) is 3.11. The van der Waals surface area contributed by atoms with Gasteiger partial charge in [0.2, 0.25) is 0 Å². The minimum absolute atomic E-state index is 0.101. The van der Waals surface area contributed by atoms with Crippen LogP contribution in [0.5, 0.6) is 0 Å². The smallest absolute Gasteiger partial charge is 0.410 e. The quantitative estimate of drug-likeness (QED) is 0.777. The SMILES string of the molecule is C[C@@H](OCCC[C@H]1CCCN(C(=O)OC(C)(C)C)C1)c1ccc[nH]1. The second-order valence-electron chi connectivity index (χ2n) is 7.72. The van der Waals surface area contributed by atoms with E-state index in [1.165, 1.54) is 6.42 Å². The minimum atomic E-state index is -0.425. The average molecular weight is 336 g/mol. The Bertz CT molecular complexity index is 493. The molecule has 1 aromatic rings. The third kappa shape index (κ3) is 6.19. The van der Waals surface area contributed by atoms with Crippen molar-refractivity contribution in [1.82, 2.24) is 9.88 Å². The van der Waals surface area contributed by atoms with Gasteiger partial charge in [0, 0.05) is 31.6 Å². The van der Waals surface area contributed by atoms with E-state index in [2.05, 4.69) is 11.9 Å². The molecule has 1 saturated heterocycles. The minimum Gasteiger partial charge on any atom is -0.444 e. The van der Waals surface area contributed by atoms with Crippen LogP contribution >= 0.6 is 0 Å². The number of carbonyl (C=O) groups excluding carboxylic acids is 1. The molecule has 1 aliphatic heterocycles. The molecule has 0 aliphatic carbocycles. The molecule has 0 aromatic carbocycles. The van der Waals surface area contributed by atoms with E-state index in [0.717, 1.165) is 44.7 Å². The summed E-state index contributed by atoms with van der Waals surface area (Å²) in [6, 6.07) is 4.03. The van der Waals surface area contributed by atoms with Crippen LogP contribution in [0.4, 0.5) is 4.79 Å². The maximum Gasteiger partial charge on any atom is 0.410 e. The van der Waals surface area contributed by atoms with E-state index in [4.69, 9.17) is 9.47 Å². The fourth-order valence-electron chi connectivity index (χ4n) is 3.11. The second kappa shape index (κ2) is 8.56. The first-order valence-corrected chi connectivity index (χ1v) is 9.08. The number of hydrogen-bond acceptors (Lipinski definition) is 3. The van der Waals surface area contributed by atoms with E-state index < -0.39 is 5.60 Å². The number of amides is 1. The molecule has 24 heavy (non-hydrogen) atoms. The zero-order valence-corrected chi connectivity index (χ0v) is 15.5. The summed E-state index contributed by atoms with van der Waals surface area (Å²) in [6.07, 6.45) is 6.21. The molecule has 1 amide bonds. The van der Waals surface area contributed by atoms with Crippen LogP contribution < -0.4 is 0 Å². The van der Waals surface area contributed by atoms with Crippen LogP contribution in [0.1, 0.15) is 65.2 Å². The highest BCUT2D eigenvalue weighted by Gasteiger charge is 2.27. The summed E-state index contributed by atoms with van der Waals surface area (Å²) in [7, 11) is 0. The molecule has 2 rings (SSSR count). The van der Waals surface area contributed by atoms with Crippen molar-refractivity contribution in [3.63, 3.8) is 0 Å². The van der Waals surface area contributed by atoms with Crippen molar-refractivity contribution < 1.29 is 14.3 Å². The van der Waals surface area contributed by atoms with Crippen LogP contribution in [0.15, 0.2) is 18.3 Å². The van der Waals surface area contributed by atoms with E-state index in [0.29, 0.717) is 5.92 Å². The molecule has 1 aliphatic rings. The maximum absolute atomic E-state index is 12.2. The number of hydrogen-bond donors (Lipinski definition) is 1. The van der Waals surface area contributed by atoms with Gasteiger partial charge in [0.1, 0.15) is 5.60 Å². The molecule has 2 heterocycles. The molecule has 1 fully saturated rings. The number of carbonyl (C=O) groups is 1. The summed E-state index contributed by atoms with van der Waals surface area (Å²) in [6.45, 7) is 10.2. The van der Waals surface area contributed by atoms with E-state index in [9.17, 15) is 4.79 Å². The van der Waals surface area contributed by atoms with E-state index in [1.807, 2.05) is 44.0 Å². The molecule has 0 radical (unpaired) electrons. The lowest BCUT2D eigenvalue weighted by Crippen LogP contribution is -2.42. The summed E-state index contributed by atoms with van der Waals surface area (Å²) >= 11 is 0. The molecule has 1 N–H and O–H groups in total. The predicted molar refractivity (Wildman–Crippen MR) is 94.9 cm³/mol. The number of aromatic nitrogens is 1. The highest BCUT2D eigenvalue weighted by atomic mass is 16.6. The summed E-state index contributed by atoms with van der Waals surface area (Å²) in [5.74, 6) is 0.552. The van der Waals surface area contributed by atoms with Crippen molar-refractivity contribution in [2.24, 2.45) is 5.92 Å². The third-order valence-corrected chi connectivity index (χ3v) is 4.36. The third-order valence-electron chi connectivity index (χ3n) is 4.36. The van der Waals surface area contributed by atoms with Crippen molar-refractivity contribution in [2.45, 2.75) is 65.1 Å². The van der Waals surface area contributed by atoms with Crippen molar-refractivity contribution in [2.75, 3.05) is 19.7 Å². The fraction of sp³-hybridized carbons (Fsp3) is 0.737. The van der Waals surface area contributed by atoms with Gasteiger partial charge < -0.3 is 19.4 Å². The van der Waals surface area contributed by atoms with E-state index in [-0.39, 0.29) is 12.2 Å². The van der Waals surface area contributed by atoms with Gasteiger partial charge in [-0.05, 0) is 71.4 Å². The van der Waals surface area contributed by atoms with Gasteiger partial charge in [0.15, 0.2) is 0 Å². The number of H-pyrrole nitrogens is 1. The van der Waals surface area contributed by atoms with Crippen molar-refractivity contribution in [3.8, 4) is 0 Å². The first-order chi connectivity index (χ1) is 11.3. The topological polar surface area (TPSA) is 54.6 Å². The molecule has 136 valence electrons. The van der Waals surface area contributed by atoms with Crippen LogP contribution in [0.3, 0.4) is 0 Å². The highest BCUT2D eigenvalue weighted by molar-refractivity contribution is 5.68. The normalized spacial score (nSPS) is 20.0. The van der Waals surface area contributed by atoms with Crippen molar-refractivity contribution >= 4 is 6.09 Å². The van der Waals surface area contributed by atoms with Crippen LogP contribution in [0.2, 0.25) is 0 Å². The molecule has 0 saturated carbocycles. The predicted octanol–water partition coefficient (Wildman–Crippen LogP) is 4.52. The summed E-state index contributed by atoms with van der Waals surface area (Å²) in [5, 5.41) is 0. The van der Waals surface area contributed by atoms with E-state index >= 15 is 0 Å². The zero-order chi connectivity index (χ0) is 17.6. The Labute approximate surface area is 145 Å². The Hall–Kier alpha value is -1.49.